The molecule has 0 bridgehead atoms. The Bertz CT molecular complexity index is 334. The first-order valence-electron chi connectivity index (χ1n) is 7.05. The maximum atomic E-state index is 11.7. The molecule has 0 aliphatic rings. The Morgan fingerprint density at radius 2 is 1.89 bits per heavy atom. The van der Waals surface area contributed by atoms with Crippen molar-refractivity contribution in [3.8, 4) is 0 Å². The van der Waals surface area contributed by atoms with Crippen molar-refractivity contribution >= 4 is 5.91 Å². The zero-order valence-electron chi connectivity index (χ0n) is 11.6. The Morgan fingerprint density at radius 3 is 2.56 bits per heavy atom. The summed E-state index contributed by atoms with van der Waals surface area (Å²) in [5.41, 5.74) is 1.27. The molecule has 1 aromatic carbocycles. The molecular weight excluding hydrogens is 222 g/mol. The first-order chi connectivity index (χ1) is 8.72. The zero-order valence-corrected chi connectivity index (χ0v) is 11.6. The van der Waals surface area contributed by atoms with Gasteiger partial charge in [0.1, 0.15) is 0 Å². The van der Waals surface area contributed by atoms with Gasteiger partial charge in [-0.1, -0.05) is 56.5 Å². The van der Waals surface area contributed by atoms with Crippen LogP contribution in [0.2, 0.25) is 0 Å². The summed E-state index contributed by atoms with van der Waals surface area (Å²) >= 11 is 0. The first-order valence-corrected chi connectivity index (χ1v) is 7.05. The Balaban J connectivity index is 2.19. The van der Waals surface area contributed by atoms with Crippen LogP contribution in [0.15, 0.2) is 30.3 Å². The van der Waals surface area contributed by atoms with Crippen molar-refractivity contribution in [1.29, 1.82) is 0 Å². The molecule has 0 heterocycles. The van der Waals surface area contributed by atoms with Crippen LogP contribution < -0.4 is 5.32 Å². The standard InChI is InChI=1S/C16H25NO/c1-3-4-5-9-12-16(18)17-14(2)13-15-10-7-6-8-11-15/h6-8,10-11,14H,3-5,9,12-13H2,1-2H3,(H,17,18)/t14-/m1/s1. The van der Waals surface area contributed by atoms with E-state index in [0.29, 0.717) is 6.42 Å². The van der Waals surface area contributed by atoms with Crippen molar-refractivity contribution in [2.45, 2.75) is 58.4 Å². The smallest absolute Gasteiger partial charge is 0.220 e. The van der Waals surface area contributed by atoms with Gasteiger partial charge >= 0.3 is 0 Å². The van der Waals surface area contributed by atoms with Crippen molar-refractivity contribution in [1.82, 2.24) is 5.32 Å². The number of amides is 1. The second-order valence-electron chi connectivity index (χ2n) is 4.97. The highest BCUT2D eigenvalue weighted by atomic mass is 16.1. The average molecular weight is 247 g/mol. The molecule has 1 aromatic rings. The third kappa shape index (κ3) is 6.43. The van der Waals surface area contributed by atoms with Crippen LogP contribution in [0.4, 0.5) is 0 Å². The van der Waals surface area contributed by atoms with E-state index in [9.17, 15) is 4.79 Å². The van der Waals surface area contributed by atoms with Crippen LogP contribution in [0, 0.1) is 0 Å². The number of unbranched alkanes of at least 4 members (excludes halogenated alkanes) is 3. The van der Waals surface area contributed by atoms with Crippen LogP contribution in [0.3, 0.4) is 0 Å². The molecule has 1 amide bonds. The summed E-state index contributed by atoms with van der Waals surface area (Å²) in [6, 6.07) is 10.5. The summed E-state index contributed by atoms with van der Waals surface area (Å²) in [5.74, 6) is 0.189. The van der Waals surface area contributed by atoms with Gasteiger partial charge in [0, 0.05) is 12.5 Å². The number of benzene rings is 1. The number of hydrogen-bond acceptors (Lipinski definition) is 1. The fourth-order valence-electron chi connectivity index (χ4n) is 2.08. The number of carbonyl (C=O) groups excluding carboxylic acids is 1. The fourth-order valence-corrected chi connectivity index (χ4v) is 2.08. The molecule has 0 radical (unpaired) electrons. The maximum Gasteiger partial charge on any atom is 0.220 e. The Kier molecular flexibility index (Phi) is 7.16. The van der Waals surface area contributed by atoms with E-state index in [1.54, 1.807) is 0 Å². The molecule has 0 saturated heterocycles. The first kappa shape index (κ1) is 14.7. The van der Waals surface area contributed by atoms with Gasteiger partial charge in [-0.2, -0.15) is 0 Å². The summed E-state index contributed by atoms with van der Waals surface area (Å²) < 4.78 is 0. The zero-order chi connectivity index (χ0) is 13.2. The minimum absolute atomic E-state index is 0.189. The van der Waals surface area contributed by atoms with Crippen molar-refractivity contribution in [3.05, 3.63) is 35.9 Å². The second kappa shape index (κ2) is 8.73. The molecule has 1 N–H and O–H groups in total. The van der Waals surface area contributed by atoms with Gasteiger partial charge in [0.05, 0.1) is 0 Å². The molecule has 0 aliphatic heterocycles. The van der Waals surface area contributed by atoms with Crippen molar-refractivity contribution in [3.63, 3.8) is 0 Å². The van der Waals surface area contributed by atoms with Gasteiger partial charge in [-0.05, 0) is 25.3 Å². The highest BCUT2D eigenvalue weighted by molar-refractivity contribution is 5.76. The minimum atomic E-state index is 0.189. The normalized spacial score (nSPS) is 12.1. The minimum Gasteiger partial charge on any atom is -0.353 e. The van der Waals surface area contributed by atoms with Crippen molar-refractivity contribution < 1.29 is 4.79 Å². The lowest BCUT2D eigenvalue weighted by molar-refractivity contribution is -0.121. The number of carbonyl (C=O) groups is 1. The number of rotatable bonds is 8. The highest BCUT2D eigenvalue weighted by Crippen LogP contribution is 2.05. The third-order valence-corrected chi connectivity index (χ3v) is 3.05. The molecule has 0 spiro atoms. The predicted octanol–water partition coefficient (Wildman–Crippen LogP) is 3.70. The van der Waals surface area contributed by atoms with Crippen molar-refractivity contribution in [2.75, 3.05) is 0 Å². The lowest BCUT2D eigenvalue weighted by Crippen LogP contribution is -2.33. The lowest BCUT2D eigenvalue weighted by Gasteiger charge is -2.13. The van der Waals surface area contributed by atoms with E-state index in [4.69, 9.17) is 0 Å². The molecule has 1 rings (SSSR count). The van der Waals surface area contributed by atoms with E-state index in [0.717, 1.165) is 19.3 Å². The Morgan fingerprint density at radius 1 is 1.17 bits per heavy atom. The molecule has 0 saturated carbocycles. The molecule has 0 aliphatic carbocycles. The molecule has 1 atom stereocenters. The summed E-state index contributed by atoms with van der Waals surface area (Å²) in [4.78, 5) is 11.7. The van der Waals surface area contributed by atoms with Crippen LogP contribution in [0.1, 0.15) is 51.5 Å². The third-order valence-electron chi connectivity index (χ3n) is 3.05. The van der Waals surface area contributed by atoms with Gasteiger partial charge in [-0.3, -0.25) is 4.79 Å². The van der Waals surface area contributed by atoms with Gasteiger partial charge in [0.2, 0.25) is 5.91 Å². The Hall–Kier alpha value is -1.31. The molecule has 2 heteroatoms. The molecular formula is C16H25NO. The number of nitrogens with one attached hydrogen (secondary N) is 1. The van der Waals surface area contributed by atoms with Gasteiger partial charge < -0.3 is 5.32 Å². The average Bonchev–Trinajstić information content (AvgIpc) is 2.35. The van der Waals surface area contributed by atoms with E-state index >= 15 is 0 Å². The van der Waals surface area contributed by atoms with Crippen LogP contribution in [0.5, 0.6) is 0 Å². The van der Waals surface area contributed by atoms with E-state index in [-0.39, 0.29) is 11.9 Å². The topological polar surface area (TPSA) is 29.1 Å². The van der Waals surface area contributed by atoms with Gasteiger partial charge in [0.15, 0.2) is 0 Å². The van der Waals surface area contributed by atoms with Crippen LogP contribution >= 0.6 is 0 Å². The SMILES string of the molecule is CCCCCCC(=O)N[C@H](C)Cc1ccccc1. The summed E-state index contributed by atoms with van der Waals surface area (Å²) in [7, 11) is 0. The summed E-state index contributed by atoms with van der Waals surface area (Å²) in [6.45, 7) is 4.25. The fraction of sp³-hybridized carbons (Fsp3) is 0.562. The largest absolute Gasteiger partial charge is 0.353 e. The van der Waals surface area contributed by atoms with Gasteiger partial charge in [0.25, 0.3) is 0 Å². The van der Waals surface area contributed by atoms with E-state index < -0.39 is 0 Å². The van der Waals surface area contributed by atoms with Gasteiger partial charge in [-0.15, -0.1) is 0 Å². The molecule has 18 heavy (non-hydrogen) atoms. The van der Waals surface area contributed by atoms with E-state index in [1.165, 1.54) is 18.4 Å². The lowest BCUT2D eigenvalue weighted by atomic mass is 10.1. The maximum absolute atomic E-state index is 11.7. The predicted molar refractivity (Wildman–Crippen MR) is 76.5 cm³/mol. The number of hydrogen-bond donors (Lipinski definition) is 1. The van der Waals surface area contributed by atoms with Crippen molar-refractivity contribution in [2.24, 2.45) is 0 Å². The molecule has 0 aromatic heterocycles. The van der Waals surface area contributed by atoms with Gasteiger partial charge in [-0.25, -0.2) is 0 Å². The molecule has 100 valence electrons. The summed E-state index contributed by atoms with van der Waals surface area (Å²) in [5, 5.41) is 3.07. The molecule has 0 fully saturated rings. The monoisotopic (exact) mass is 247 g/mol. The molecule has 0 unspecified atom stereocenters. The second-order valence-corrected chi connectivity index (χ2v) is 4.97. The Labute approximate surface area is 111 Å². The molecule has 2 nitrogen and oxygen atoms in total. The van der Waals surface area contributed by atoms with Crippen LogP contribution in [-0.2, 0) is 11.2 Å². The van der Waals surface area contributed by atoms with Crippen LogP contribution in [0.25, 0.3) is 0 Å². The highest BCUT2D eigenvalue weighted by Gasteiger charge is 2.07. The quantitative estimate of drug-likeness (QED) is 0.697. The van der Waals surface area contributed by atoms with E-state index in [2.05, 4.69) is 31.3 Å². The summed E-state index contributed by atoms with van der Waals surface area (Å²) in [6.07, 6.45) is 6.19. The van der Waals surface area contributed by atoms with Crippen LogP contribution in [-0.4, -0.2) is 11.9 Å². The van der Waals surface area contributed by atoms with E-state index in [1.807, 2.05) is 18.2 Å².